The van der Waals surface area contributed by atoms with Gasteiger partial charge in [-0.1, -0.05) is 0 Å². The normalized spacial score (nSPS) is 17.6. The number of nitrogens with zero attached hydrogens (tertiary/aromatic N) is 2. The van der Waals surface area contributed by atoms with E-state index in [1.165, 1.54) is 25.0 Å². The highest BCUT2D eigenvalue weighted by atomic mass is 19.4. The van der Waals surface area contributed by atoms with Gasteiger partial charge in [0, 0.05) is 49.9 Å². The van der Waals surface area contributed by atoms with Crippen LogP contribution in [0.1, 0.15) is 34.3 Å². The Balaban J connectivity index is 1.46. The summed E-state index contributed by atoms with van der Waals surface area (Å²) in [7, 11) is 1.79. The lowest BCUT2D eigenvalue weighted by atomic mass is 10.1. The first-order valence-corrected chi connectivity index (χ1v) is 10.5. The van der Waals surface area contributed by atoms with E-state index in [1.807, 2.05) is 4.90 Å². The van der Waals surface area contributed by atoms with Gasteiger partial charge in [-0.15, -0.1) is 0 Å². The molecule has 0 unspecified atom stereocenters. The Morgan fingerprint density at radius 1 is 1.06 bits per heavy atom. The van der Waals surface area contributed by atoms with Gasteiger partial charge in [-0.2, -0.15) is 13.2 Å². The maximum absolute atomic E-state index is 13.0. The molecule has 1 aliphatic carbocycles. The van der Waals surface area contributed by atoms with Gasteiger partial charge >= 0.3 is 6.18 Å². The third-order valence-corrected chi connectivity index (χ3v) is 5.75. The summed E-state index contributed by atoms with van der Waals surface area (Å²) in [6.45, 7) is 3.73. The van der Waals surface area contributed by atoms with Crippen molar-refractivity contribution in [1.29, 1.82) is 0 Å². The Morgan fingerprint density at radius 2 is 1.74 bits per heavy atom. The van der Waals surface area contributed by atoms with Crippen LogP contribution in [-0.2, 0) is 12.7 Å². The molecule has 2 aromatic carbocycles. The van der Waals surface area contributed by atoms with Gasteiger partial charge in [0.2, 0.25) is 0 Å². The molecule has 0 bridgehead atoms. The molecule has 0 spiro atoms. The number of nitrogens with one attached hydrogen (secondary N) is 1. The van der Waals surface area contributed by atoms with Crippen molar-refractivity contribution < 1.29 is 22.7 Å². The van der Waals surface area contributed by atoms with Gasteiger partial charge in [0.1, 0.15) is 11.5 Å². The van der Waals surface area contributed by atoms with Gasteiger partial charge in [-0.05, 0) is 62.4 Å². The first-order valence-electron chi connectivity index (χ1n) is 10.5. The van der Waals surface area contributed by atoms with E-state index in [4.69, 9.17) is 4.74 Å². The van der Waals surface area contributed by atoms with Crippen LogP contribution in [0.15, 0.2) is 42.5 Å². The molecule has 1 amide bonds. The second-order valence-electron chi connectivity index (χ2n) is 8.04. The zero-order chi connectivity index (χ0) is 22.0. The Labute approximate surface area is 179 Å². The average molecular weight is 433 g/mol. The van der Waals surface area contributed by atoms with E-state index < -0.39 is 11.7 Å². The quantitative estimate of drug-likeness (QED) is 0.744. The lowest BCUT2D eigenvalue weighted by Crippen LogP contribution is -2.49. The highest BCUT2D eigenvalue weighted by molar-refractivity contribution is 5.94. The number of alkyl halides is 3. The minimum Gasteiger partial charge on any atom is -0.457 e. The molecule has 1 N–H and O–H groups in total. The molecule has 166 valence electrons. The minimum absolute atomic E-state index is 0.00567. The van der Waals surface area contributed by atoms with Crippen LogP contribution in [0.5, 0.6) is 11.5 Å². The molecule has 8 heteroatoms. The van der Waals surface area contributed by atoms with Gasteiger partial charge in [0.25, 0.3) is 5.91 Å². The fourth-order valence-corrected chi connectivity index (χ4v) is 3.89. The van der Waals surface area contributed by atoms with Crippen LogP contribution in [0.25, 0.3) is 0 Å². The van der Waals surface area contributed by atoms with Crippen molar-refractivity contribution in [3.63, 3.8) is 0 Å². The van der Waals surface area contributed by atoms with E-state index in [-0.39, 0.29) is 5.91 Å². The third kappa shape index (κ3) is 5.19. The molecular formula is C23H26F3N3O2. The molecule has 1 aliphatic heterocycles. The summed E-state index contributed by atoms with van der Waals surface area (Å²) < 4.78 is 44.1. The van der Waals surface area contributed by atoms with Crippen molar-refractivity contribution in [3.8, 4) is 11.5 Å². The summed E-state index contributed by atoms with van der Waals surface area (Å²) in [5.74, 6) is 0.804. The topological polar surface area (TPSA) is 44.8 Å². The second kappa shape index (κ2) is 8.88. The van der Waals surface area contributed by atoms with Gasteiger partial charge in [0.05, 0.1) is 5.56 Å². The Kier molecular flexibility index (Phi) is 6.20. The molecule has 31 heavy (non-hydrogen) atoms. The number of carbonyl (C=O) groups excluding carboxylic acids is 1. The number of amides is 1. The summed E-state index contributed by atoms with van der Waals surface area (Å²) in [5.41, 5.74) is 0.632. The Hall–Kier alpha value is -2.58. The van der Waals surface area contributed by atoms with Gasteiger partial charge < -0.3 is 15.0 Å². The molecule has 2 aliphatic rings. The number of halogens is 3. The SMILES string of the molecule is CNCc1cc(C(=O)N2CCN(C3CC3)CC2)ccc1Oc1ccc(C(F)(F)F)cc1. The zero-order valence-corrected chi connectivity index (χ0v) is 17.4. The fourth-order valence-electron chi connectivity index (χ4n) is 3.89. The van der Waals surface area contributed by atoms with Gasteiger partial charge in [0.15, 0.2) is 0 Å². The summed E-state index contributed by atoms with van der Waals surface area (Å²) in [5, 5.41) is 3.05. The highest BCUT2D eigenvalue weighted by Crippen LogP contribution is 2.33. The van der Waals surface area contributed by atoms with E-state index in [0.29, 0.717) is 29.6 Å². The molecule has 2 fully saturated rings. The van der Waals surface area contributed by atoms with E-state index in [9.17, 15) is 18.0 Å². The van der Waals surface area contributed by atoms with Gasteiger partial charge in [-0.3, -0.25) is 9.69 Å². The van der Waals surface area contributed by atoms with Crippen molar-refractivity contribution in [2.24, 2.45) is 0 Å². The van der Waals surface area contributed by atoms with Crippen LogP contribution in [0, 0.1) is 0 Å². The molecule has 4 rings (SSSR count). The molecular weight excluding hydrogens is 407 g/mol. The largest absolute Gasteiger partial charge is 0.457 e. The number of hydrogen-bond acceptors (Lipinski definition) is 4. The van der Waals surface area contributed by atoms with Crippen LogP contribution in [0.4, 0.5) is 13.2 Å². The summed E-state index contributed by atoms with van der Waals surface area (Å²) in [6, 6.07) is 10.5. The fraction of sp³-hybridized carbons (Fsp3) is 0.435. The van der Waals surface area contributed by atoms with Crippen molar-refractivity contribution in [3.05, 3.63) is 59.2 Å². The molecule has 5 nitrogen and oxygen atoms in total. The predicted molar refractivity (Wildman–Crippen MR) is 111 cm³/mol. The zero-order valence-electron chi connectivity index (χ0n) is 17.4. The van der Waals surface area contributed by atoms with Crippen molar-refractivity contribution in [2.75, 3.05) is 33.2 Å². The van der Waals surface area contributed by atoms with E-state index in [0.717, 1.165) is 43.9 Å². The smallest absolute Gasteiger partial charge is 0.416 e. The van der Waals surface area contributed by atoms with Crippen LogP contribution >= 0.6 is 0 Å². The maximum Gasteiger partial charge on any atom is 0.416 e. The van der Waals surface area contributed by atoms with Crippen LogP contribution < -0.4 is 10.1 Å². The standard InChI is InChI=1S/C23H26F3N3O2/c1-27-15-17-14-16(22(30)29-12-10-28(11-13-29)19-5-6-19)2-9-21(17)31-20-7-3-18(4-8-20)23(24,25)26/h2-4,7-9,14,19,27H,5-6,10-13,15H2,1H3. The molecule has 0 atom stereocenters. The molecule has 1 saturated heterocycles. The second-order valence-corrected chi connectivity index (χ2v) is 8.04. The highest BCUT2D eigenvalue weighted by Gasteiger charge is 2.32. The molecule has 1 saturated carbocycles. The number of carbonyl (C=O) groups is 1. The first-order chi connectivity index (χ1) is 14.8. The Bertz CT molecular complexity index is 919. The summed E-state index contributed by atoms with van der Waals surface area (Å²) >= 11 is 0. The molecule has 1 heterocycles. The number of hydrogen-bond donors (Lipinski definition) is 1. The van der Waals surface area contributed by atoms with Crippen LogP contribution in [-0.4, -0.2) is 55.0 Å². The first kappa shape index (κ1) is 21.6. The maximum atomic E-state index is 13.0. The number of rotatable bonds is 6. The van der Waals surface area contributed by atoms with E-state index in [1.54, 1.807) is 25.2 Å². The van der Waals surface area contributed by atoms with Crippen molar-refractivity contribution in [2.45, 2.75) is 31.6 Å². The van der Waals surface area contributed by atoms with Crippen molar-refractivity contribution in [1.82, 2.24) is 15.1 Å². The van der Waals surface area contributed by atoms with Crippen LogP contribution in [0.3, 0.4) is 0 Å². The number of benzene rings is 2. The third-order valence-electron chi connectivity index (χ3n) is 5.75. The number of ether oxygens (including phenoxy) is 1. The Morgan fingerprint density at radius 3 is 2.32 bits per heavy atom. The average Bonchev–Trinajstić information content (AvgIpc) is 3.60. The number of piperazine rings is 1. The molecule has 0 aromatic heterocycles. The van der Waals surface area contributed by atoms with Crippen LogP contribution in [0.2, 0.25) is 0 Å². The lowest BCUT2D eigenvalue weighted by molar-refractivity contribution is -0.137. The lowest BCUT2D eigenvalue weighted by Gasteiger charge is -2.35. The molecule has 0 radical (unpaired) electrons. The van der Waals surface area contributed by atoms with Gasteiger partial charge in [-0.25, -0.2) is 0 Å². The van der Waals surface area contributed by atoms with E-state index >= 15 is 0 Å². The van der Waals surface area contributed by atoms with Crippen molar-refractivity contribution >= 4 is 5.91 Å². The summed E-state index contributed by atoms with van der Waals surface area (Å²) in [4.78, 5) is 17.3. The predicted octanol–water partition coefficient (Wildman–Crippen LogP) is 4.14. The molecule has 2 aromatic rings. The minimum atomic E-state index is -4.39. The van der Waals surface area contributed by atoms with E-state index in [2.05, 4.69) is 10.2 Å². The summed E-state index contributed by atoms with van der Waals surface area (Å²) in [6.07, 6.45) is -1.86. The monoisotopic (exact) mass is 433 g/mol.